The summed E-state index contributed by atoms with van der Waals surface area (Å²) >= 11 is 5.90. The lowest BCUT2D eigenvalue weighted by Gasteiger charge is -2.07. The van der Waals surface area contributed by atoms with Crippen LogP contribution in [0.2, 0.25) is 5.02 Å². The molecular formula is C13H13ClN2. The van der Waals surface area contributed by atoms with Gasteiger partial charge in [0.05, 0.1) is 0 Å². The van der Waals surface area contributed by atoms with E-state index in [1.165, 1.54) is 0 Å². The molecule has 2 aromatic rings. The van der Waals surface area contributed by atoms with Gasteiger partial charge < -0.3 is 11.1 Å². The molecule has 3 N–H and O–H groups in total. The zero-order valence-corrected chi connectivity index (χ0v) is 9.54. The number of hydrogen-bond donors (Lipinski definition) is 2. The van der Waals surface area contributed by atoms with Gasteiger partial charge in [0.2, 0.25) is 0 Å². The topological polar surface area (TPSA) is 38.0 Å². The Morgan fingerprint density at radius 2 is 1.75 bits per heavy atom. The standard InChI is InChI=1S/C13H13ClN2/c14-11-2-1-3-13(8-11)16-12-6-4-10(9-15)5-7-12/h1-8,16H,9,15H2. The van der Waals surface area contributed by atoms with E-state index in [2.05, 4.69) is 5.32 Å². The van der Waals surface area contributed by atoms with Gasteiger partial charge in [-0.1, -0.05) is 29.8 Å². The maximum atomic E-state index is 5.90. The van der Waals surface area contributed by atoms with Crippen molar-refractivity contribution in [2.45, 2.75) is 6.54 Å². The Balaban J connectivity index is 2.14. The molecule has 2 aromatic carbocycles. The van der Waals surface area contributed by atoms with Crippen molar-refractivity contribution < 1.29 is 0 Å². The third kappa shape index (κ3) is 2.75. The number of nitrogens with two attached hydrogens (primary N) is 1. The highest BCUT2D eigenvalue weighted by Gasteiger charge is 1.95. The molecule has 0 bridgehead atoms. The number of rotatable bonds is 3. The van der Waals surface area contributed by atoms with Crippen molar-refractivity contribution >= 4 is 23.0 Å². The normalized spacial score (nSPS) is 10.1. The summed E-state index contributed by atoms with van der Waals surface area (Å²) in [5, 5.41) is 4.00. The predicted molar refractivity (Wildman–Crippen MR) is 69.1 cm³/mol. The van der Waals surface area contributed by atoms with E-state index in [0.717, 1.165) is 22.0 Å². The number of nitrogens with one attached hydrogen (secondary N) is 1. The van der Waals surface area contributed by atoms with Crippen LogP contribution in [-0.2, 0) is 6.54 Å². The van der Waals surface area contributed by atoms with Crippen molar-refractivity contribution in [3.05, 3.63) is 59.1 Å². The largest absolute Gasteiger partial charge is 0.355 e. The van der Waals surface area contributed by atoms with Crippen LogP contribution in [0.5, 0.6) is 0 Å². The lowest BCUT2D eigenvalue weighted by molar-refractivity contribution is 1.07. The molecule has 0 saturated carbocycles. The SMILES string of the molecule is NCc1ccc(Nc2cccc(Cl)c2)cc1. The predicted octanol–water partition coefficient (Wildman–Crippen LogP) is 3.54. The quantitative estimate of drug-likeness (QED) is 0.850. The molecule has 0 aliphatic rings. The van der Waals surface area contributed by atoms with Crippen molar-refractivity contribution in [3.8, 4) is 0 Å². The highest BCUT2D eigenvalue weighted by atomic mass is 35.5. The fraction of sp³-hybridized carbons (Fsp3) is 0.0769. The Morgan fingerprint density at radius 1 is 1.00 bits per heavy atom. The summed E-state index contributed by atoms with van der Waals surface area (Å²) in [6.45, 7) is 0.567. The first-order valence-electron chi connectivity index (χ1n) is 5.09. The van der Waals surface area contributed by atoms with E-state index in [9.17, 15) is 0 Å². The van der Waals surface area contributed by atoms with Crippen LogP contribution in [0, 0.1) is 0 Å². The van der Waals surface area contributed by atoms with Crippen LogP contribution in [0.1, 0.15) is 5.56 Å². The van der Waals surface area contributed by atoms with Gasteiger partial charge in [0, 0.05) is 22.9 Å². The van der Waals surface area contributed by atoms with E-state index in [-0.39, 0.29) is 0 Å². The minimum atomic E-state index is 0.567. The minimum Gasteiger partial charge on any atom is -0.355 e. The van der Waals surface area contributed by atoms with Crippen LogP contribution >= 0.6 is 11.6 Å². The first-order chi connectivity index (χ1) is 7.78. The zero-order valence-electron chi connectivity index (χ0n) is 8.78. The van der Waals surface area contributed by atoms with Crippen molar-refractivity contribution in [2.75, 3.05) is 5.32 Å². The average molecular weight is 233 g/mol. The van der Waals surface area contributed by atoms with Crippen molar-refractivity contribution in [1.82, 2.24) is 0 Å². The van der Waals surface area contributed by atoms with Gasteiger partial charge >= 0.3 is 0 Å². The summed E-state index contributed by atoms with van der Waals surface area (Å²) in [4.78, 5) is 0. The molecule has 0 atom stereocenters. The molecule has 0 heterocycles. The molecule has 0 amide bonds. The van der Waals surface area contributed by atoms with Gasteiger partial charge in [0.1, 0.15) is 0 Å². The molecule has 0 fully saturated rings. The van der Waals surface area contributed by atoms with Gasteiger partial charge in [-0.15, -0.1) is 0 Å². The molecule has 2 nitrogen and oxygen atoms in total. The highest BCUT2D eigenvalue weighted by molar-refractivity contribution is 6.30. The molecule has 3 heteroatoms. The van der Waals surface area contributed by atoms with Crippen LogP contribution in [0.25, 0.3) is 0 Å². The van der Waals surface area contributed by atoms with Crippen LogP contribution in [-0.4, -0.2) is 0 Å². The summed E-state index contributed by atoms with van der Waals surface area (Å²) in [6.07, 6.45) is 0. The third-order valence-electron chi connectivity index (χ3n) is 2.30. The molecule has 16 heavy (non-hydrogen) atoms. The lowest BCUT2D eigenvalue weighted by atomic mass is 10.2. The first-order valence-corrected chi connectivity index (χ1v) is 5.47. The first kappa shape index (κ1) is 11.0. The fourth-order valence-electron chi connectivity index (χ4n) is 1.46. The van der Waals surface area contributed by atoms with E-state index in [4.69, 9.17) is 17.3 Å². The van der Waals surface area contributed by atoms with Crippen LogP contribution < -0.4 is 11.1 Å². The number of benzene rings is 2. The highest BCUT2D eigenvalue weighted by Crippen LogP contribution is 2.20. The third-order valence-corrected chi connectivity index (χ3v) is 2.54. The Labute approximate surface area is 100 Å². The Bertz CT molecular complexity index is 466. The molecule has 0 saturated heterocycles. The molecule has 0 radical (unpaired) electrons. The second-order valence-electron chi connectivity index (χ2n) is 3.54. The Hall–Kier alpha value is -1.51. The summed E-state index contributed by atoms with van der Waals surface area (Å²) in [7, 11) is 0. The minimum absolute atomic E-state index is 0.567. The maximum absolute atomic E-state index is 5.90. The Kier molecular flexibility index (Phi) is 3.44. The van der Waals surface area contributed by atoms with Gasteiger partial charge in [0.25, 0.3) is 0 Å². The molecule has 0 aromatic heterocycles. The van der Waals surface area contributed by atoms with E-state index < -0.39 is 0 Å². The van der Waals surface area contributed by atoms with Crippen LogP contribution in [0.15, 0.2) is 48.5 Å². The number of halogens is 1. The molecule has 0 aliphatic carbocycles. The van der Waals surface area contributed by atoms with E-state index in [1.807, 2.05) is 48.5 Å². The Morgan fingerprint density at radius 3 is 2.38 bits per heavy atom. The van der Waals surface area contributed by atoms with E-state index in [1.54, 1.807) is 0 Å². The summed E-state index contributed by atoms with van der Waals surface area (Å²) in [5.74, 6) is 0. The fourth-order valence-corrected chi connectivity index (χ4v) is 1.65. The van der Waals surface area contributed by atoms with E-state index >= 15 is 0 Å². The molecule has 0 spiro atoms. The summed E-state index contributed by atoms with van der Waals surface area (Å²) in [5.41, 5.74) is 8.66. The number of anilines is 2. The van der Waals surface area contributed by atoms with Gasteiger partial charge in [0.15, 0.2) is 0 Å². The molecule has 0 aliphatic heterocycles. The number of hydrogen-bond acceptors (Lipinski definition) is 2. The van der Waals surface area contributed by atoms with Gasteiger partial charge in [-0.2, -0.15) is 0 Å². The van der Waals surface area contributed by atoms with Gasteiger partial charge in [-0.25, -0.2) is 0 Å². The van der Waals surface area contributed by atoms with Crippen LogP contribution in [0.3, 0.4) is 0 Å². The average Bonchev–Trinajstić information content (AvgIpc) is 2.30. The molecule has 2 rings (SSSR count). The lowest BCUT2D eigenvalue weighted by Crippen LogP contribution is -1.96. The maximum Gasteiger partial charge on any atom is 0.0426 e. The van der Waals surface area contributed by atoms with Crippen molar-refractivity contribution in [1.29, 1.82) is 0 Å². The summed E-state index contributed by atoms with van der Waals surface area (Å²) < 4.78 is 0. The second kappa shape index (κ2) is 5.01. The smallest absolute Gasteiger partial charge is 0.0426 e. The van der Waals surface area contributed by atoms with Gasteiger partial charge in [-0.05, 0) is 35.9 Å². The van der Waals surface area contributed by atoms with Crippen LogP contribution in [0.4, 0.5) is 11.4 Å². The van der Waals surface area contributed by atoms with Crippen molar-refractivity contribution in [3.63, 3.8) is 0 Å². The molecule has 82 valence electrons. The van der Waals surface area contributed by atoms with E-state index in [0.29, 0.717) is 6.54 Å². The monoisotopic (exact) mass is 232 g/mol. The molecular weight excluding hydrogens is 220 g/mol. The zero-order chi connectivity index (χ0) is 11.4. The van der Waals surface area contributed by atoms with Crippen molar-refractivity contribution in [2.24, 2.45) is 5.73 Å². The van der Waals surface area contributed by atoms with Gasteiger partial charge in [-0.3, -0.25) is 0 Å². The summed E-state index contributed by atoms with van der Waals surface area (Å²) in [6, 6.07) is 15.6. The molecule has 0 unspecified atom stereocenters. The second-order valence-corrected chi connectivity index (χ2v) is 3.97.